The molecule has 0 heterocycles. The molecule has 0 bridgehead atoms. The standard InChI is InChI=1S/C5H9B/c1-2-4-3-5(4)6/h4-5H,2-3H2,1H3. The van der Waals surface area contributed by atoms with Gasteiger partial charge in [0.05, 0.1) is 7.85 Å². The van der Waals surface area contributed by atoms with E-state index in [1.165, 1.54) is 12.8 Å². The number of rotatable bonds is 1. The third-order valence-corrected chi connectivity index (χ3v) is 1.50. The Morgan fingerprint density at radius 3 is 2.33 bits per heavy atom. The molecule has 32 valence electrons. The molecule has 0 aromatic rings. The highest BCUT2D eigenvalue weighted by Gasteiger charge is 2.28. The van der Waals surface area contributed by atoms with E-state index in [9.17, 15) is 0 Å². The van der Waals surface area contributed by atoms with Crippen molar-refractivity contribution in [2.24, 2.45) is 5.92 Å². The fraction of sp³-hybridized carbons (Fsp3) is 1.00. The molecule has 2 radical (unpaired) electrons. The van der Waals surface area contributed by atoms with E-state index in [4.69, 9.17) is 7.85 Å². The average Bonchev–Trinajstić information content (AvgIpc) is 2.19. The van der Waals surface area contributed by atoms with Crippen molar-refractivity contribution in [3.8, 4) is 0 Å². The van der Waals surface area contributed by atoms with E-state index in [1.54, 1.807) is 0 Å². The van der Waals surface area contributed by atoms with Gasteiger partial charge in [-0.05, 0) is 5.92 Å². The molecule has 1 rings (SSSR count). The van der Waals surface area contributed by atoms with Gasteiger partial charge in [0.1, 0.15) is 0 Å². The molecular formula is C5H9B. The maximum atomic E-state index is 5.48. The minimum Gasteiger partial charge on any atom is -0.0744 e. The lowest BCUT2D eigenvalue weighted by atomic mass is 10.00. The Bertz CT molecular complexity index is 49.9. The Morgan fingerprint density at radius 1 is 1.83 bits per heavy atom. The minimum absolute atomic E-state index is 0.565. The Balaban J connectivity index is 2.09. The Hall–Kier alpha value is 0.0649. The molecule has 1 fully saturated rings. The second kappa shape index (κ2) is 1.29. The number of hydrogen-bond acceptors (Lipinski definition) is 0. The Labute approximate surface area is 40.3 Å². The highest BCUT2D eigenvalue weighted by Crippen LogP contribution is 2.43. The molecule has 0 nitrogen and oxygen atoms in total. The average molecular weight is 79.9 g/mol. The summed E-state index contributed by atoms with van der Waals surface area (Å²) in [5.74, 6) is 1.44. The van der Waals surface area contributed by atoms with Gasteiger partial charge in [-0.15, -0.1) is 0 Å². The van der Waals surface area contributed by atoms with Crippen molar-refractivity contribution in [1.82, 2.24) is 0 Å². The smallest absolute Gasteiger partial charge is 0.0703 e. The van der Waals surface area contributed by atoms with Crippen LogP contribution in [0.15, 0.2) is 0 Å². The molecule has 1 saturated carbocycles. The van der Waals surface area contributed by atoms with Gasteiger partial charge in [0, 0.05) is 0 Å². The molecule has 0 amide bonds. The lowest BCUT2D eigenvalue weighted by Crippen LogP contribution is -1.68. The highest BCUT2D eigenvalue weighted by molar-refractivity contribution is 6.13. The molecule has 0 aliphatic heterocycles. The van der Waals surface area contributed by atoms with Gasteiger partial charge < -0.3 is 0 Å². The van der Waals surface area contributed by atoms with Gasteiger partial charge in [-0.3, -0.25) is 0 Å². The first-order valence-corrected chi connectivity index (χ1v) is 2.60. The van der Waals surface area contributed by atoms with E-state index in [2.05, 4.69) is 6.92 Å². The third kappa shape index (κ3) is 0.587. The summed E-state index contributed by atoms with van der Waals surface area (Å²) < 4.78 is 0. The third-order valence-electron chi connectivity index (χ3n) is 1.50. The molecule has 6 heavy (non-hydrogen) atoms. The normalized spacial score (nSPS) is 42.8. The SMILES string of the molecule is [B]C1CC1CC. The monoisotopic (exact) mass is 80.1 g/mol. The van der Waals surface area contributed by atoms with Gasteiger partial charge in [-0.1, -0.05) is 25.6 Å². The summed E-state index contributed by atoms with van der Waals surface area (Å²) in [7, 11) is 5.48. The van der Waals surface area contributed by atoms with Gasteiger partial charge in [0.2, 0.25) is 0 Å². The van der Waals surface area contributed by atoms with Crippen molar-refractivity contribution in [1.29, 1.82) is 0 Å². The lowest BCUT2D eigenvalue weighted by molar-refractivity contribution is 0.799. The zero-order valence-electron chi connectivity index (χ0n) is 4.15. The number of hydrogen-bond donors (Lipinski definition) is 0. The largest absolute Gasteiger partial charge is 0.0744 e. The van der Waals surface area contributed by atoms with Crippen molar-refractivity contribution in [2.45, 2.75) is 25.6 Å². The molecule has 1 aliphatic rings. The predicted octanol–water partition coefficient (Wildman–Crippen LogP) is 1.37. The predicted molar refractivity (Wildman–Crippen MR) is 27.9 cm³/mol. The second-order valence-electron chi connectivity index (χ2n) is 2.07. The Morgan fingerprint density at radius 2 is 2.33 bits per heavy atom. The summed E-state index contributed by atoms with van der Waals surface area (Å²) in [4.78, 5) is 0. The first-order valence-electron chi connectivity index (χ1n) is 2.60. The van der Waals surface area contributed by atoms with Gasteiger partial charge in [-0.25, -0.2) is 0 Å². The van der Waals surface area contributed by atoms with E-state index in [0.717, 1.165) is 5.92 Å². The molecule has 1 aliphatic carbocycles. The van der Waals surface area contributed by atoms with Crippen LogP contribution in [0.2, 0.25) is 5.82 Å². The molecular weight excluding hydrogens is 70.9 g/mol. The topological polar surface area (TPSA) is 0 Å². The van der Waals surface area contributed by atoms with E-state index < -0.39 is 0 Å². The summed E-state index contributed by atoms with van der Waals surface area (Å²) >= 11 is 0. The van der Waals surface area contributed by atoms with Crippen LogP contribution in [0.4, 0.5) is 0 Å². The van der Waals surface area contributed by atoms with Crippen LogP contribution < -0.4 is 0 Å². The molecule has 0 saturated heterocycles. The van der Waals surface area contributed by atoms with Gasteiger partial charge in [0.25, 0.3) is 0 Å². The van der Waals surface area contributed by atoms with Crippen LogP contribution in [-0.2, 0) is 0 Å². The van der Waals surface area contributed by atoms with Crippen molar-refractivity contribution >= 4 is 7.85 Å². The van der Waals surface area contributed by atoms with Crippen molar-refractivity contribution in [3.63, 3.8) is 0 Å². The van der Waals surface area contributed by atoms with Crippen LogP contribution in [0.1, 0.15) is 19.8 Å². The molecule has 2 atom stereocenters. The van der Waals surface area contributed by atoms with E-state index in [0.29, 0.717) is 5.82 Å². The van der Waals surface area contributed by atoms with Crippen LogP contribution in [-0.4, -0.2) is 7.85 Å². The van der Waals surface area contributed by atoms with E-state index in [-0.39, 0.29) is 0 Å². The lowest BCUT2D eigenvalue weighted by Gasteiger charge is -1.79. The maximum absolute atomic E-state index is 5.48. The van der Waals surface area contributed by atoms with Crippen LogP contribution in [0, 0.1) is 5.92 Å². The van der Waals surface area contributed by atoms with E-state index in [1.807, 2.05) is 0 Å². The van der Waals surface area contributed by atoms with Crippen LogP contribution in [0.25, 0.3) is 0 Å². The van der Waals surface area contributed by atoms with Gasteiger partial charge in [0.15, 0.2) is 0 Å². The quantitative estimate of drug-likeness (QED) is 0.417. The van der Waals surface area contributed by atoms with Crippen molar-refractivity contribution < 1.29 is 0 Å². The zero-order valence-corrected chi connectivity index (χ0v) is 4.15. The minimum atomic E-state index is 0.565. The summed E-state index contributed by atoms with van der Waals surface area (Å²) in [5.41, 5.74) is 0. The fourth-order valence-corrected chi connectivity index (χ4v) is 0.740. The Kier molecular flexibility index (Phi) is 0.907. The summed E-state index contributed by atoms with van der Waals surface area (Å²) in [6.07, 6.45) is 2.55. The van der Waals surface area contributed by atoms with Gasteiger partial charge in [-0.2, -0.15) is 0 Å². The first-order chi connectivity index (χ1) is 2.84. The molecule has 0 spiro atoms. The molecule has 0 aromatic carbocycles. The summed E-state index contributed by atoms with van der Waals surface area (Å²) in [5, 5.41) is 0. The van der Waals surface area contributed by atoms with Crippen LogP contribution >= 0.6 is 0 Å². The second-order valence-corrected chi connectivity index (χ2v) is 2.07. The molecule has 0 N–H and O–H groups in total. The highest BCUT2D eigenvalue weighted by atomic mass is 14.3. The van der Waals surface area contributed by atoms with E-state index >= 15 is 0 Å². The summed E-state index contributed by atoms with van der Waals surface area (Å²) in [6, 6.07) is 0. The molecule has 1 heteroatoms. The zero-order chi connectivity index (χ0) is 4.57. The maximum Gasteiger partial charge on any atom is 0.0703 e. The molecule has 0 aromatic heterocycles. The fourth-order valence-electron chi connectivity index (χ4n) is 0.740. The van der Waals surface area contributed by atoms with Crippen LogP contribution in [0.5, 0.6) is 0 Å². The van der Waals surface area contributed by atoms with Crippen molar-refractivity contribution in [2.75, 3.05) is 0 Å². The van der Waals surface area contributed by atoms with Crippen LogP contribution in [0.3, 0.4) is 0 Å². The molecule has 2 unspecified atom stereocenters. The van der Waals surface area contributed by atoms with Crippen molar-refractivity contribution in [3.05, 3.63) is 0 Å². The summed E-state index contributed by atoms with van der Waals surface area (Å²) in [6.45, 7) is 2.19. The first kappa shape index (κ1) is 4.23. The van der Waals surface area contributed by atoms with Gasteiger partial charge >= 0.3 is 0 Å².